The van der Waals surface area contributed by atoms with Crippen LogP contribution in [-0.4, -0.2) is 50.5 Å². The fourth-order valence-corrected chi connectivity index (χ4v) is 4.82. The van der Waals surface area contributed by atoms with E-state index in [0.717, 1.165) is 37.7 Å². The third kappa shape index (κ3) is 4.51. The zero-order valence-electron chi connectivity index (χ0n) is 19.7. The van der Waals surface area contributed by atoms with Crippen molar-refractivity contribution in [2.24, 2.45) is 0 Å². The maximum atomic E-state index is 13.2. The minimum Gasteiger partial charge on any atom is -0.351 e. The highest BCUT2D eigenvalue weighted by atomic mass is 16.2. The Balaban J connectivity index is 1.49. The molecule has 1 saturated carbocycles. The molecule has 1 aromatic carbocycles. The first-order valence-electron chi connectivity index (χ1n) is 11.9. The second kappa shape index (κ2) is 9.37. The van der Waals surface area contributed by atoms with Crippen LogP contribution in [0.5, 0.6) is 0 Å². The number of nitrogens with one attached hydrogen (secondary N) is 2. The van der Waals surface area contributed by atoms with E-state index in [-0.39, 0.29) is 36.0 Å². The minimum atomic E-state index is -1.05. The summed E-state index contributed by atoms with van der Waals surface area (Å²) < 4.78 is 1.51. The molecule has 8 nitrogen and oxygen atoms in total. The number of hydrogen-bond donors (Lipinski definition) is 2. The molecule has 0 bridgehead atoms. The Morgan fingerprint density at radius 2 is 1.79 bits per heavy atom. The first-order chi connectivity index (χ1) is 15.9. The summed E-state index contributed by atoms with van der Waals surface area (Å²) >= 11 is 0. The predicted octanol–water partition coefficient (Wildman–Crippen LogP) is 2.67. The first-order valence-corrected chi connectivity index (χ1v) is 11.9. The molecule has 2 aliphatic rings. The zero-order chi connectivity index (χ0) is 23.6. The molecule has 0 radical (unpaired) electrons. The Morgan fingerprint density at radius 1 is 1.12 bits per heavy atom. The lowest BCUT2D eigenvalue weighted by Crippen LogP contribution is -2.64. The van der Waals surface area contributed by atoms with Crippen molar-refractivity contribution >= 4 is 17.7 Å². The van der Waals surface area contributed by atoms with Crippen LogP contribution >= 0.6 is 0 Å². The summed E-state index contributed by atoms with van der Waals surface area (Å²) in [5.74, 6) is -0.786. The largest absolute Gasteiger partial charge is 0.351 e. The number of rotatable bonds is 7. The highest BCUT2D eigenvalue weighted by Gasteiger charge is 2.48. The molecule has 1 aliphatic heterocycles. The van der Waals surface area contributed by atoms with Crippen LogP contribution in [-0.2, 0) is 24.3 Å². The fourth-order valence-electron chi connectivity index (χ4n) is 4.82. The monoisotopic (exact) mass is 451 g/mol. The van der Waals surface area contributed by atoms with Gasteiger partial charge >= 0.3 is 0 Å². The van der Waals surface area contributed by atoms with Gasteiger partial charge in [-0.05, 0) is 44.2 Å². The quantitative estimate of drug-likeness (QED) is 0.676. The SMILES string of the molecule is CCc1ccc(CNC(=O)c2cc3n(n2)CC(C)(C(=O)NC2CCCC2)N(CC)C3=O)cc1. The summed E-state index contributed by atoms with van der Waals surface area (Å²) in [5.41, 5.74) is 1.70. The maximum absolute atomic E-state index is 13.2. The van der Waals surface area contributed by atoms with Gasteiger partial charge in [0, 0.05) is 25.2 Å². The molecule has 1 atom stereocenters. The fraction of sp³-hybridized carbons (Fsp3) is 0.520. The maximum Gasteiger partial charge on any atom is 0.273 e. The van der Waals surface area contributed by atoms with E-state index in [2.05, 4.69) is 22.7 Å². The Bertz CT molecular complexity index is 1040. The van der Waals surface area contributed by atoms with Crippen LogP contribution in [0.3, 0.4) is 0 Å². The second-order valence-electron chi connectivity index (χ2n) is 9.20. The van der Waals surface area contributed by atoms with Gasteiger partial charge in [0.1, 0.15) is 11.2 Å². The van der Waals surface area contributed by atoms with Crippen molar-refractivity contribution in [2.45, 2.75) is 77.5 Å². The molecule has 0 saturated heterocycles. The molecule has 2 N–H and O–H groups in total. The molecular weight excluding hydrogens is 418 g/mol. The number of aryl methyl sites for hydroxylation is 1. The number of carbonyl (C=O) groups excluding carboxylic acids is 3. The van der Waals surface area contributed by atoms with Crippen LogP contribution in [0.25, 0.3) is 0 Å². The summed E-state index contributed by atoms with van der Waals surface area (Å²) in [6.45, 7) is 6.73. The van der Waals surface area contributed by atoms with Crippen molar-refractivity contribution in [1.82, 2.24) is 25.3 Å². The van der Waals surface area contributed by atoms with Crippen LogP contribution in [0, 0.1) is 0 Å². The van der Waals surface area contributed by atoms with Gasteiger partial charge in [0.15, 0.2) is 5.69 Å². The van der Waals surface area contributed by atoms with E-state index in [1.54, 1.807) is 11.8 Å². The van der Waals surface area contributed by atoms with Crippen molar-refractivity contribution < 1.29 is 14.4 Å². The average molecular weight is 452 g/mol. The molecule has 1 aromatic heterocycles. The lowest BCUT2D eigenvalue weighted by molar-refractivity contribution is -0.133. The third-order valence-corrected chi connectivity index (χ3v) is 6.91. The van der Waals surface area contributed by atoms with Crippen LogP contribution in [0.4, 0.5) is 0 Å². The average Bonchev–Trinajstić information content (AvgIpc) is 3.48. The smallest absolute Gasteiger partial charge is 0.273 e. The number of aromatic nitrogens is 2. The van der Waals surface area contributed by atoms with Gasteiger partial charge in [-0.1, -0.05) is 44.0 Å². The number of carbonyl (C=O) groups is 3. The number of amides is 3. The summed E-state index contributed by atoms with van der Waals surface area (Å²) in [4.78, 5) is 40.8. The zero-order valence-corrected chi connectivity index (χ0v) is 19.7. The van der Waals surface area contributed by atoms with Crippen molar-refractivity contribution in [3.63, 3.8) is 0 Å². The van der Waals surface area contributed by atoms with Crippen LogP contribution in [0.2, 0.25) is 0 Å². The number of likely N-dealkylation sites (N-methyl/N-ethyl adjacent to an activating group) is 1. The van der Waals surface area contributed by atoms with E-state index in [4.69, 9.17) is 0 Å². The number of fused-ring (bicyclic) bond motifs is 1. The molecule has 1 unspecified atom stereocenters. The van der Waals surface area contributed by atoms with E-state index in [0.29, 0.717) is 18.8 Å². The van der Waals surface area contributed by atoms with E-state index in [9.17, 15) is 14.4 Å². The molecule has 4 rings (SSSR count). The normalized spacial score (nSPS) is 20.6. The minimum absolute atomic E-state index is 0.160. The Kier molecular flexibility index (Phi) is 6.54. The molecule has 1 aliphatic carbocycles. The number of benzene rings is 1. The lowest BCUT2D eigenvalue weighted by atomic mass is 9.94. The van der Waals surface area contributed by atoms with E-state index in [1.165, 1.54) is 16.3 Å². The highest BCUT2D eigenvalue weighted by Crippen LogP contribution is 2.28. The number of nitrogens with zero attached hydrogens (tertiary/aromatic N) is 3. The topological polar surface area (TPSA) is 96.3 Å². The van der Waals surface area contributed by atoms with Crippen LogP contribution < -0.4 is 10.6 Å². The second-order valence-corrected chi connectivity index (χ2v) is 9.20. The molecule has 33 heavy (non-hydrogen) atoms. The highest BCUT2D eigenvalue weighted by molar-refractivity contribution is 6.01. The third-order valence-electron chi connectivity index (χ3n) is 6.91. The van der Waals surface area contributed by atoms with Crippen molar-refractivity contribution in [3.8, 4) is 0 Å². The van der Waals surface area contributed by atoms with Crippen molar-refractivity contribution in [3.05, 3.63) is 52.8 Å². The predicted molar refractivity (Wildman–Crippen MR) is 125 cm³/mol. The molecule has 1 fully saturated rings. The summed E-state index contributed by atoms with van der Waals surface area (Å²) in [7, 11) is 0. The van der Waals surface area contributed by atoms with Gasteiger partial charge in [-0.2, -0.15) is 5.10 Å². The molecule has 3 amide bonds. The molecule has 2 aromatic rings. The lowest BCUT2D eigenvalue weighted by Gasteiger charge is -2.43. The Hall–Kier alpha value is -3.16. The molecule has 0 spiro atoms. The van der Waals surface area contributed by atoms with E-state index < -0.39 is 5.54 Å². The van der Waals surface area contributed by atoms with Gasteiger partial charge in [0.2, 0.25) is 5.91 Å². The van der Waals surface area contributed by atoms with E-state index in [1.807, 2.05) is 31.2 Å². The molecule has 176 valence electrons. The standard InChI is InChI=1S/C25H33N5O3/c1-4-17-10-12-18(13-11-17)15-26-22(31)20-14-21-23(32)29(5-2)25(3,16-30(21)28-20)24(33)27-19-8-6-7-9-19/h10-14,19H,4-9,15-16H2,1-3H3,(H,26,31)(H,27,33). The van der Waals surface area contributed by atoms with Crippen LogP contribution in [0.1, 0.15) is 78.6 Å². The molecule has 2 heterocycles. The van der Waals surface area contributed by atoms with Gasteiger partial charge in [-0.3, -0.25) is 19.1 Å². The first kappa shape index (κ1) is 23.0. The van der Waals surface area contributed by atoms with Crippen molar-refractivity contribution in [1.29, 1.82) is 0 Å². The number of hydrogen-bond acceptors (Lipinski definition) is 4. The van der Waals surface area contributed by atoms with Crippen molar-refractivity contribution in [2.75, 3.05) is 6.54 Å². The van der Waals surface area contributed by atoms with E-state index >= 15 is 0 Å². The van der Waals surface area contributed by atoms with Gasteiger partial charge < -0.3 is 15.5 Å². The Labute approximate surface area is 194 Å². The van der Waals surface area contributed by atoms with Gasteiger partial charge in [0.05, 0.1) is 6.54 Å². The van der Waals surface area contributed by atoms with Gasteiger partial charge in [-0.15, -0.1) is 0 Å². The molecule has 8 heteroatoms. The summed E-state index contributed by atoms with van der Waals surface area (Å²) in [6.07, 6.45) is 5.14. The summed E-state index contributed by atoms with van der Waals surface area (Å²) in [5, 5.41) is 10.4. The molecular formula is C25H33N5O3. The van der Waals surface area contributed by atoms with Crippen LogP contribution in [0.15, 0.2) is 30.3 Å². The van der Waals surface area contributed by atoms with Gasteiger partial charge in [-0.25, -0.2) is 0 Å². The summed E-state index contributed by atoms with van der Waals surface area (Å²) in [6, 6.07) is 9.77. The van der Waals surface area contributed by atoms with Gasteiger partial charge in [0.25, 0.3) is 11.8 Å². The Morgan fingerprint density at radius 3 is 2.42 bits per heavy atom.